The van der Waals surface area contributed by atoms with Crippen LogP contribution >= 0.6 is 0 Å². The average molecular weight is 329 g/mol. The van der Waals surface area contributed by atoms with E-state index in [9.17, 15) is 4.79 Å². The van der Waals surface area contributed by atoms with Gasteiger partial charge in [-0.15, -0.1) is 0 Å². The van der Waals surface area contributed by atoms with Gasteiger partial charge in [-0.2, -0.15) is 0 Å². The van der Waals surface area contributed by atoms with Crippen molar-refractivity contribution in [1.29, 1.82) is 0 Å². The molecule has 0 fully saturated rings. The lowest BCUT2D eigenvalue weighted by Gasteiger charge is -2.27. The first-order valence-electron chi connectivity index (χ1n) is 8.32. The van der Waals surface area contributed by atoms with E-state index in [0.29, 0.717) is 5.82 Å². The van der Waals surface area contributed by atoms with E-state index in [2.05, 4.69) is 23.3 Å². The summed E-state index contributed by atoms with van der Waals surface area (Å²) >= 11 is 0. The van der Waals surface area contributed by atoms with Gasteiger partial charge in [0.15, 0.2) is 0 Å². The van der Waals surface area contributed by atoms with Crippen molar-refractivity contribution in [2.24, 2.45) is 0 Å². The molecule has 25 heavy (non-hydrogen) atoms. The summed E-state index contributed by atoms with van der Waals surface area (Å²) in [6.45, 7) is 4.04. The summed E-state index contributed by atoms with van der Waals surface area (Å²) in [6.07, 6.45) is 1.51. The number of fused-ring (bicyclic) bond motifs is 1. The summed E-state index contributed by atoms with van der Waals surface area (Å²) in [5, 5.41) is 3.52. The molecule has 4 nitrogen and oxygen atoms in total. The molecule has 0 saturated heterocycles. The number of aryl methyl sites for hydroxylation is 2. The van der Waals surface area contributed by atoms with E-state index < -0.39 is 0 Å². The smallest absolute Gasteiger partial charge is 0.261 e. The highest BCUT2D eigenvalue weighted by molar-refractivity contribution is 6.11. The van der Waals surface area contributed by atoms with Crippen LogP contribution in [0.1, 0.15) is 33.2 Å². The molecule has 4 rings (SSSR count). The van der Waals surface area contributed by atoms with E-state index >= 15 is 0 Å². The standard InChI is InChI=1S/C21H19N3O/c1-14-11-12-19(22-13-14)24-20(23-18-10-6-3-7-15(18)2)16-8-4-5-9-17(16)21(24)25/h3-13,20,23H,1-2H3/t20-/m1/s1. The Bertz CT molecular complexity index is 934. The number of amides is 1. The van der Waals surface area contributed by atoms with Gasteiger partial charge in [-0.05, 0) is 43.2 Å². The van der Waals surface area contributed by atoms with E-state index in [1.807, 2.05) is 61.5 Å². The van der Waals surface area contributed by atoms with Crippen LogP contribution in [0.2, 0.25) is 0 Å². The van der Waals surface area contributed by atoms with E-state index in [-0.39, 0.29) is 12.1 Å². The second-order valence-corrected chi connectivity index (χ2v) is 6.32. The van der Waals surface area contributed by atoms with Crippen molar-refractivity contribution in [3.63, 3.8) is 0 Å². The molecule has 0 spiro atoms. The molecule has 1 aliphatic rings. The number of carbonyl (C=O) groups is 1. The van der Waals surface area contributed by atoms with Crippen LogP contribution in [0.3, 0.4) is 0 Å². The molecule has 2 aromatic carbocycles. The van der Waals surface area contributed by atoms with Crippen molar-refractivity contribution in [3.8, 4) is 0 Å². The van der Waals surface area contributed by atoms with Gasteiger partial charge in [0.25, 0.3) is 5.91 Å². The maximum Gasteiger partial charge on any atom is 0.261 e. The summed E-state index contributed by atoms with van der Waals surface area (Å²) in [4.78, 5) is 19.2. The Morgan fingerprint density at radius 2 is 1.72 bits per heavy atom. The minimum Gasteiger partial charge on any atom is -0.361 e. The summed E-state index contributed by atoms with van der Waals surface area (Å²) in [7, 11) is 0. The molecule has 4 heteroatoms. The number of hydrogen-bond acceptors (Lipinski definition) is 3. The molecule has 0 saturated carbocycles. The van der Waals surface area contributed by atoms with Crippen LogP contribution in [0.4, 0.5) is 11.5 Å². The topological polar surface area (TPSA) is 45.2 Å². The second kappa shape index (κ2) is 6.06. The molecule has 0 radical (unpaired) electrons. The predicted molar refractivity (Wildman–Crippen MR) is 99.8 cm³/mol. The number of anilines is 2. The number of para-hydroxylation sites is 1. The lowest BCUT2D eigenvalue weighted by Crippen LogP contribution is -2.33. The monoisotopic (exact) mass is 329 g/mol. The molecule has 1 aliphatic heterocycles. The number of benzene rings is 2. The third-order valence-corrected chi connectivity index (χ3v) is 4.54. The molecule has 3 aromatic rings. The first kappa shape index (κ1) is 15.4. The first-order valence-corrected chi connectivity index (χ1v) is 8.32. The van der Waals surface area contributed by atoms with Crippen LogP contribution in [0.5, 0.6) is 0 Å². The molecule has 1 atom stereocenters. The van der Waals surface area contributed by atoms with Gasteiger partial charge in [-0.1, -0.05) is 42.5 Å². The van der Waals surface area contributed by atoms with Gasteiger partial charge < -0.3 is 5.32 Å². The molecular formula is C21H19N3O. The maximum absolute atomic E-state index is 13.0. The fourth-order valence-electron chi connectivity index (χ4n) is 3.18. The van der Waals surface area contributed by atoms with Crippen LogP contribution in [0.25, 0.3) is 0 Å². The van der Waals surface area contributed by atoms with Crippen molar-refractivity contribution in [2.45, 2.75) is 20.0 Å². The molecule has 1 amide bonds. The highest BCUT2D eigenvalue weighted by Crippen LogP contribution is 2.37. The zero-order valence-corrected chi connectivity index (χ0v) is 14.2. The van der Waals surface area contributed by atoms with Gasteiger partial charge in [-0.3, -0.25) is 9.69 Å². The van der Waals surface area contributed by atoms with Crippen molar-refractivity contribution in [1.82, 2.24) is 4.98 Å². The molecule has 0 aliphatic carbocycles. The second-order valence-electron chi connectivity index (χ2n) is 6.32. The summed E-state index contributed by atoms with van der Waals surface area (Å²) in [5.41, 5.74) is 4.90. The SMILES string of the molecule is Cc1ccc(N2C(=O)c3ccccc3[C@@H]2Nc2ccccc2C)nc1. The van der Waals surface area contributed by atoms with Crippen LogP contribution < -0.4 is 10.2 Å². The number of aromatic nitrogens is 1. The Labute approximate surface area is 147 Å². The Morgan fingerprint density at radius 1 is 0.960 bits per heavy atom. The largest absolute Gasteiger partial charge is 0.361 e. The van der Waals surface area contributed by atoms with Crippen LogP contribution in [-0.4, -0.2) is 10.9 Å². The number of rotatable bonds is 3. The molecule has 2 heterocycles. The molecule has 124 valence electrons. The highest BCUT2D eigenvalue weighted by atomic mass is 16.2. The van der Waals surface area contributed by atoms with E-state index in [1.165, 1.54) is 0 Å². The molecule has 1 aromatic heterocycles. The van der Waals surface area contributed by atoms with Gasteiger partial charge in [0.05, 0.1) is 0 Å². The Kier molecular flexibility index (Phi) is 3.73. The zero-order valence-electron chi connectivity index (χ0n) is 14.2. The van der Waals surface area contributed by atoms with Crippen LogP contribution in [-0.2, 0) is 0 Å². The number of pyridine rings is 1. The Hall–Kier alpha value is -3.14. The summed E-state index contributed by atoms with van der Waals surface area (Å²) < 4.78 is 0. The quantitative estimate of drug-likeness (QED) is 0.771. The van der Waals surface area contributed by atoms with E-state index in [4.69, 9.17) is 0 Å². The fraction of sp³-hybridized carbons (Fsp3) is 0.143. The van der Waals surface area contributed by atoms with Crippen molar-refractivity contribution < 1.29 is 4.79 Å². The minimum atomic E-state index is -0.278. The minimum absolute atomic E-state index is 0.0296. The number of hydrogen-bond donors (Lipinski definition) is 1. The molecule has 1 N–H and O–H groups in total. The third kappa shape index (κ3) is 2.66. The lowest BCUT2D eigenvalue weighted by atomic mass is 10.1. The maximum atomic E-state index is 13.0. The summed E-state index contributed by atoms with van der Waals surface area (Å²) in [6, 6.07) is 19.7. The van der Waals surface area contributed by atoms with Gasteiger partial charge in [0, 0.05) is 23.0 Å². The van der Waals surface area contributed by atoms with Crippen molar-refractivity contribution in [2.75, 3.05) is 10.2 Å². The molecule has 0 bridgehead atoms. The lowest BCUT2D eigenvalue weighted by molar-refractivity contribution is 0.0992. The predicted octanol–water partition coefficient (Wildman–Crippen LogP) is 4.47. The molecular weight excluding hydrogens is 310 g/mol. The van der Waals surface area contributed by atoms with Gasteiger partial charge in [0.1, 0.15) is 12.0 Å². The van der Waals surface area contributed by atoms with Crippen molar-refractivity contribution >= 4 is 17.4 Å². The fourth-order valence-corrected chi connectivity index (χ4v) is 3.18. The van der Waals surface area contributed by atoms with Gasteiger partial charge >= 0.3 is 0 Å². The first-order chi connectivity index (χ1) is 12.1. The Balaban J connectivity index is 1.80. The normalized spacial score (nSPS) is 16.0. The number of nitrogens with one attached hydrogen (secondary N) is 1. The summed E-state index contributed by atoms with van der Waals surface area (Å²) in [5.74, 6) is 0.621. The van der Waals surface area contributed by atoms with E-state index in [0.717, 1.165) is 27.9 Å². The third-order valence-electron chi connectivity index (χ3n) is 4.54. The Morgan fingerprint density at radius 3 is 2.48 bits per heavy atom. The average Bonchev–Trinajstić information content (AvgIpc) is 2.90. The number of nitrogens with zero attached hydrogens (tertiary/aromatic N) is 2. The zero-order chi connectivity index (χ0) is 17.4. The van der Waals surface area contributed by atoms with Gasteiger partial charge in [0.2, 0.25) is 0 Å². The van der Waals surface area contributed by atoms with E-state index in [1.54, 1.807) is 11.1 Å². The highest BCUT2D eigenvalue weighted by Gasteiger charge is 2.38. The van der Waals surface area contributed by atoms with Crippen LogP contribution in [0.15, 0.2) is 66.9 Å². The number of carbonyl (C=O) groups excluding carboxylic acids is 1. The molecule has 0 unspecified atom stereocenters. The van der Waals surface area contributed by atoms with Crippen LogP contribution in [0, 0.1) is 13.8 Å². The van der Waals surface area contributed by atoms with Crippen molar-refractivity contribution in [3.05, 3.63) is 89.1 Å². The van der Waals surface area contributed by atoms with Gasteiger partial charge in [-0.25, -0.2) is 4.98 Å².